The number of hydrogen-bond donors (Lipinski definition) is 2. The first kappa shape index (κ1) is 15.9. The van der Waals surface area contributed by atoms with Crippen molar-refractivity contribution in [2.45, 2.75) is 39.7 Å². The normalized spacial score (nSPS) is 10.8. The number of nitrogens with one attached hydrogen (secondary N) is 2. The molecule has 0 unspecified atom stereocenters. The van der Waals surface area contributed by atoms with Gasteiger partial charge in [0, 0.05) is 24.1 Å². The molecule has 0 atom stereocenters. The maximum Gasteiger partial charge on any atom is 0.258 e. The fourth-order valence-corrected chi connectivity index (χ4v) is 1.93. The average Bonchev–Trinajstić information content (AvgIpc) is 2.48. The van der Waals surface area contributed by atoms with E-state index in [1.807, 2.05) is 38.1 Å². The molecule has 0 saturated heterocycles. The number of rotatable bonds is 5. The first-order chi connectivity index (χ1) is 10.5. The Labute approximate surface area is 131 Å². The fourth-order valence-electron chi connectivity index (χ4n) is 1.93. The molecule has 0 radical (unpaired) electrons. The Bertz CT molecular complexity index is 618. The largest absolute Gasteiger partial charge is 0.352 e. The topological polar surface area (TPSA) is 66.9 Å². The summed E-state index contributed by atoms with van der Waals surface area (Å²) in [5.41, 5.74) is 2.44. The zero-order valence-electron chi connectivity index (χ0n) is 13.4. The Morgan fingerprint density at radius 1 is 1.00 bits per heavy atom. The summed E-state index contributed by atoms with van der Waals surface area (Å²) in [5.74, 6) is 0.778. The molecular formula is C17H22N4O. The summed E-state index contributed by atoms with van der Waals surface area (Å²) >= 11 is 0. The van der Waals surface area contributed by atoms with Crippen LogP contribution in [0.15, 0.2) is 36.7 Å². The highest BCUT2D eigenvalue weighted by Crippen LogP contribution is 2.17. The molecule has 2 aromatic rings. The highest BCUT2D eigenvalue weighted by Gasteiger charge is 2.08. The van der Waals surface area contributed by atoms with E-state index in [0.29, 0.717) is 17.4 Å². The number of carbonyl (C=O) groups excluding carboxylic acids is 1. The molecule has 2 rings (SSSR count). The van der Waals surface area contributed by atoms with E-state index in [1.165, 1.54) is 18.0 Å². The molecule has 0 aliphatic heterocycles. The van der Waals surface area contributed by atoms with E-state index >= 15 is 0 Å². The van der Waals surface area contributed by atoms with Gasteiger partial charge in [0.05, 0.1) is 5.56 Å². The Balaban J connectivity index is 2.02. The van der Waals surface area contributed by atoms with Gasteiger partial charge in [-0.2, -0.15) is 0 Å². The minimum absolute atomic E-state index is 0.214. The summed E-state index contributed by atoms with van der Waals surface area (Å²) in [6.07, 6.45) is 3.05. The quantitative estimate of drug-likeness (QED) is 0.883. The Morgan fingerprint density at radius 2 is 1.59 bits per heavy atom. The van der Waals surface area contributed by atoms with E-state index < -0.39 is 0 Å². The van der Waals surface area contributed by atoms with Crippen molar-refractivity contribution < 1.29 is 4.79 Å². The number of aromatic nitrogens is 2. The molecule has 0 aliphatic carbocycles. The molecule has 0 fully saturated rings. The van der Waals surface area contributed by atoms with E-state index in [9.17, 15) is 4.79 Å². The predicted molar refractivity (Wildman–Crippen MR) is 89.3 cm³/mol. The number of amides is 1. The summed E-state index contributed by atoms with van der Waals surface area (Å²) in [6.45, 7) is 8.28. The van der Waals surface area contributed by atoms with Crippen molar-refractivity contribution in [2.75, 3.05) is 10.6 Å². The van der Waals surface area contributed by atoms with Gasteiger partial charge in [0.1, 0.15) is 0 Å². The Hall–Kier alpha value is -2.43. The lowest BCUT2D eigenvalue weighted by Gasteiger charge is -2.09. The minimum Gasteiger partial charge on any atom is -0.352 e. The molecule has 1 amide bonds. The van der Waals surface area contributed by atoms with Crippen molar-refractivity contribution >= 4 is 17.5 Å². The fraction of sp³-hybridized carbons (Fsp3) is 0.353. The number of carbonyl (C=O) groups is 1. The monoisotopic (exact) mass is 298 g/mol. The first-order valence-corrected chi connectivity index (χ1v) is 7.45. The van der Waals surface area contributed by atoms with E-state index in [0.717, 1.165) is 5.69 Å². The zero-order chi connectivity index (χ0) is 16.1. The zero-order valence-corrected chi connectivity index (χ0v) is 13.4. The van der Waals surface area contributed by atoms with Crippen LogP contribution >= 0.6 is 0 Å². The van der Waals surface area contributed by atoms with Crippen molar-refractivity contribution in [3.63, 3.8) is 0 Å². The first-order valence-electron chi connectivity index (χ1n) is 7.45. The van der Waals surface area contributed by atoms with Crippen LogP contribution in [-0.4, -0.2) is 21.9 Å². The van der Waals surface area contributed by atoms with Crippen LogP contribution in [0.1, 0.15) is 49.5 Å². The van der Waals surface area contributed by atoms with Gasteiger partial charge in [-0.3, -0.25) is 4.79 Å². The van der Waals surface area contributed by atoms with Crippen LogP contribution < -0.4 is 10.6 Å². The van der Waals surface area contributed by atoms with Crippen LogP contribution in [0.3, 0.4) is 0 Å². The standard InChI is InChI=1S/C17H22N4O/c1-11(2)13-5-7-15(8-6-13)21-16(22)14-9-18-17(19-10-14)20-12(3)4/h5-12H,1-4H3,(H,21,22)(H,18,19,20). The molecule has 1 aromatic heterocycles. The highest BCUT2D eigenvalue weighted by atomic mass is 16.1. The van der Waals surface area contributed by atoms with Gasteiger partial charge in [0.2, 0.25) is 5.95 Å². The molecule has 0 bridgehead atoms. The third kappa shape index (κ3) is 4.28. The van der Waals surface area contributed by atoms with Gasteiger partial charge in [0.25, 0.3) is 5.91 Å². The van der Waals surface area contributed by atoms with E-state index in [2.05, 4.69) is 34.4 Å². The lowest BCUT2D eigenvalue weighted by atomic mass is 10.0. The van der Waals surface area contributed by atoms with Crippen molar-refractivity contribution in [2.24, 2.45) is 0 Å². The summed E-state index contributed by atoms with van der Waals surface area (Å²) < 4.78 is 0. The van der Waals surface area contributed by atoms with E-state index in [1.54, 1.807) is 0 Å². The van der Waals surface area contributed by atoms with Crippen LogP contribution in [0.5, 0.6) is 0 Å². The third-order valence-electron chi connectivity index (χ3n) is 3.17. The van der Waals surface area contributed by atoms with E-state index in [4.69, 9.17) is 0 Å². The second-order valence-electron chi connectivity index (χ2n) is 5.83. The molecule has 0 saturated carbocycles. The summed E-state index contributed by atoms with van der Waals surface area (Å²) in [4.78, 5) is 20.4. The molecule has 116 valence electrons. The second-order valence-corrected chi connectivity index (χ2v) is 5.83. The van der Waals surface area contributed by atoms with Crippen LogP contribution in [0.25, 0.3) is 0 Å². The van der Waals surface area contributed by atoms with Gasteiger partial charge in [-0.25, -0.2) is 9.97 Å². The van der Waals surface area contributed by atoms with Gasteiger partial charge in [-0.05, 0) is 37.5 Å². The van der Waals surface area contributed by atoms with E-state index in [-0.39, 0.29) is 11.9 Å². The summed E-state index contributed by atoms with van der Waals surface area (Å²) in [7, 11) is 0. The van der Waals surface area contributed by atoms with Crippen molar-refractivity contribution in [1.82, 2.24) is 9.97 Å². The second kappa shape index (κ2) is 7.02. The molecule has 1 heterocycles. The van der Waals surface area contributed by atoms with Crippen LogP contribution in [-0.2, 0) is 0 Å². The van der Waals surface area contributed by atoms with Crippen LogP contribution in [0.2, 0.25) is 0 Å². The smallest absolute Gasteiger partial charge is 0.258 e. The molecule has 1 aromatic carbocycles. The van der Waals surface area contributed by atoms with Crippen molar-refractivity contribution in [1.29, 1.82) is 0 Å². The number of benzene rings is 1. The molecule has 5 heteroatoms. The van der Waals surface area contributed by atoms with Gasteiger partial charge in [-0.15, -0.1) is 0 Å². The highest BCUT2D eigenvalue weighted by molar-refractivity contribution is 6.03. The molecule has 22 heavy (non-hydrogen) atoms. The maximum absolute atomic E-state index is 12.2. The molecular weight excluding hydrogens is 276 g/mol. The van der Waals surface area contributed by atoms with Crippen LogP contribution in [0, 0.1) is 0 Å². The SMILES string of the molecule is CC(C)Nc1ncc(C(=O)Nc2ccc(C(C)C)cc2)cn1. The Kier molecular flexibility index (Phi) is 5.09. The number of anilines is 2. The lowest BCUT2D eigenvalue weighted by Crippen LogP contribution is -2.15. The predicted octanol–water partition coefficient (Wildman–Crippen LogP) is 3.67. The van der Waals surface area contributed by atoms with Gasteiger partial charge >= 0.3 is 0 Å². The average molecular weight is 298 g/mol. The van der Waals surface area contributed by atoms with Crippen LogP contribution in [0.4, 0.5) is 11.6 Å². The summed E-state index contributed by atoms with van der Waals surface area (Å²) in [6, 6.07) is 8.10. The summed E-state index contributed by atoms with van der Waals surface area (Å²) in [5, 5.41) is 5.93. The molecule has 5 nitrogen and oxygen atoms in total. The Morgan fingerprint density at radius 3 is 2.09 bits per heavy atom. The molecule has 0 spiro atoms. The van der Waals surface area contributed by atoms with Crippen molar-refractivity contribution in [3.05, 3.63) is 47.8 Å². The van der Waals surface area contributed by atoms with Gasteiger partial charge < -0.3 is 10.6 Å². The number of hydrogen-bond acceptors (Lipinski definition) is 4. The minimum atomic E-state index is -0.214. The van der Waals surface area contributed by atoms with Crippen molar-refractivity contribution in [3.8, 4) is 0 Å². The molecule has 2 N–H and O–H groups in total. The van der Waals surface area contributed by atoms with Gasteiger partial charge in [-0.1, -0.05) is 26.0 Å². The third-order valence-corrected chi connectivity index (χ3v) is 3.17. The maximum atomic E-state index is 12.2. The lowest BCUT2D eigenvalue weighted by molar-refractivity contribution is 0.102. The number of nitrogens with zero attached hydrogens (tertiary/aromatic N) is 2. The van der Waals surface area contributed by atoms with Gasteiger partial charge in [0.15, 0.2) is 0 Å². The molecule has 0 aliphatic rings.